The zero-order valence-electron chi connectivity index (χ0n) is 6.25. The predicted octanol–water partition coefficient (Wildman–Crippen LogP) is 1.44. The highest BCUT2D eigenvalue weighted by Crippen LogP contribution is 2.27. The predicted molar refractivity (Wildman–Crippen MR) is 40.9 cm³/mol. The van der Waals surface area contributed by atoms with Crippen LogP contribution >= 0.6 is 0 Å². The number of hydrogen-bond acceptors (Lipinski definition) is 2. The quantitative estimate of drug-likeness (QED) is 0.528. The Morgan fingerprint density at radius 3 is 3.00 bits per heavy atom. The van der Waals surface area contributed by atoms with Crippen molar-refractivity contribution in [2.24, 2.45) is 5.92 Å². The molecule has 58 valence electrons. The molecule has 1 fully saturated rings. The average Bonchev–Trinajstić information content (AvgIpc) is 2.55. The van der Waals surface area contributed by atoms with E-state index in [0.29, 0.717) is 6.61 Å². The largest absolute Gasteiger partial charge is 0.465 e. The molecule has 11 heavy (non-hydrogen) atoms. The minimum Gasteiger partial charge on any atom is -0.465 e. The maximum absolute atomic E-state index is 11.1. The number of carbonyl (C=O) groups is 1. The van der Waals surface area contributed by atoms with Crippen molar-refractivity contribution in [1.82, 2.24) is 0 Å². The van der Waals surface area contributed by atoms with Crippen LogP contribution in [0.4, 0.5) is 0 Å². The highest BCUT2D eigenvalue weighted by atomic mass is 16.5. The van der Waals surface area contributed by atoms with Crippen molar-refractivity contribution in [2.75, 3.05) is 6.61 Å². The summed E-state index contributed by atoms with van der Waals surface area (Å²) in [5.74, 6) is 0.0185. The van der Waals surface area contributed by atoms with Crippen molar-refractivity contribution in [1.29, 1.82) is 0 Å². The normalized spacial score (nSPS) is 28.9. The van der Waals surface area contributed by atoms with Gasteiger partial charge in [-0.05, 0) is 12.8 Å². The summed E-state index contributed by atoms with van der Waals surface area (Å²) in [5.41, 5.74) is 1.22. The van der Waals surface area contributed by atoms with Crippen molar-refractivity contribution in [3.05, 3.63) is 23.8 Å². The Morgan fingerprint density at radius 2 is 2.45 bits per heavy atom. The summed E-state index contributed by atoms with van der Waals surface area (Å²) in [4.78, 5) is 11.1. The Balaban J connectivity index is 2.10. The third-order valence-electron chi connectivity index (χ3n) is 2.18. The van der Waals surface area contributed by atoms with Gasteiger partial charge in [-0.1, -0.05) is 23.8 Å². The van der Waals surface area contributed by atoms with E-state index in [-0.39, 0.29) is 11.9 Å². The first-order valence-corrected chi connectivity index (χ1v) is 3.90. The van der Waals surface area contributed by atoms with E-state index in [9.17, 15) is 4.79 Å². The minimum absolute atomic E-state index is 0.0417. The Morgan fingerprint density at radius 1 is 1.55 bits per heavy atom. The summed E-state index contributed by atoms with van der Waals surface area (Å²) in [6.45, 7) is 0.598. The molecule has 2 nitrogen and oxygen atoms in total. The molecular weight excluding hydrogens is 140 g/mol. The number of ether oxygens (including phenoxy) is 1. The lowest BCUT2D eigenvalue weighted by Gasteiger charge is -2.04. The van der Waals surface area contributed by atoms with Crippen LogP contribution in [0.2, 0.25) is 0 Å². The molecule has 0 amide bonds. The number of allylic oxidation sites excluding steroid dienone is 3. The lowest BCUT2D eigenvalue weighted by molar-refractivity contribution is -0.140. The first-order valence-electron chi connectivity index (χ1n) is 3.90. The third kappa shape index (κ3) is 1.09. The van der Waals surface area contributed by atoms with E-state index in [1.165, 1.54) is 5.57 Å². The van der Waals surface area contributed by atoms with Gasteiger partial charge >= 0.3 is 5.97 Å². The fraction of sp³-hybridized carbons (Fsp3) is 0.444. The van der Waals surface area contributed by atoms with Gasteiger partial charge in [0.25, 0.3) is 0 Å². The van der Waals surface area contributed by atoms with Gasteiger partial charge in [0.2, 0.25) is 0 Å². The van der Waals surface area contributed by atoms with Crippen LogP contribution < -0.4 is 0 Å². The lowest BCUT2D eigenvalue weighted by atomic mass is 9.97. The second-order valence-electron chi connectivity index (χ2n) is 2.88. The molecule has 1 aliphatic carbocycles. The molecule has 0 spiro atoms. The molecule has 0 radical (unpaired) electrons. The zero-order valence-corrected chi connectivity index (χ0v) is 6.25. The van der Waals surface area contributed by atoms with E-state index in [0.717, 1.165) is 12.8 Å². The second kappa shape index (κ2) is 2.53. The number of esters is 1. The summed E-state index contributed by atoms with van der Waals surface area (Å²) >= 11 is 0. The van der Waals surface area contributed by atoms with E-state index < -0.39 is 0 Å². The molecule has 0 N–H and O–H groups in total. The average molecular weight is 150 g/mol. The molecule has 1 aliphatic heterocycles. The maximum atomic E-state index is 11.1. The SMILES string of the molecule is O=C1OCCC1C1=CC=CC1. The molecule has 1 atom stereocenters. The van der Waals surface area contributed by atoms with E-state index >= 15 is 0 Å². The van der Waals surface area contributed by atoms with Gasteiger partial charge in [-0.25, -0.2) is 0 Å². The van der Waals surface area contributed by atoms with Crippen molar-refractivity contribution in [2.45, 2.75) is 12.8 Å². The summed E-state index contributed by atoms with van der Waals surface area (Å²) < 4.78 is 4.87. The molecule has 0 aromatic heterocycles. The van der Waals surface area contributed by atoms with Crippen molar-refractivity contribution in [3.8, 4) is 0 Å². The van der Waals surface area contributed by atoms with Crippen LogP contribution in [0.15, 0.2) is 23.8 Å². The lowest BCUT2D eigenvalue weighted by Crippen LogP contribution is -2.09. The molecule has 1 saturated heterocycles. The van der Waals surface area contributed by atoms with Crippen LogP contribution in [-0.4, -0.2) is 12.6 Å². The topological polar surface area (TPSA) is 26.3 Å². The van der Waals surface area contributed by atoms with Crippen LogP contribution in [0.1, 0.15) is 12.8 Å². The third-order valence-corrected chi connectivity index (χ3v) is 2.18. The Labute approximate surface area is 65.5 Å². The van der Waals surface area contributed by atoms with Crippen LogP contribution in [0.25, 0.3) is 0 Å². The van der Waals surface area contributed by atoms with Gasteiger partial charge < -0.3 is 4.74 Å². The molecule has 2 aliphatic rings. The standard InChI is InChI=1S/C9H10O2/c10-9-8(5-6-11-9)7-3-1-2-4-7/h1-3,8H,4-6H2. The van der Waals surface area contributed by atoms with E-state index in [2.05, 4.69) is 6.08 Å². The molecule has 2 rings (SSSR count). The van der Waals surface area contributed by atoms with Crippen LogP contribution in [0.3, 0.4) is 0 Å². The van der Waals surface area contributed by atoms with Gasteiger partial charge in [0.15, 0.2) is 0 Å². The van der Waals surface area contributed by atoms with Gasteiger partial charge in [0, 0.05) is 0 Å². The van der Waals surface area contributed by atoms with Gasteiger partial charge in [-0.3, -0.25) is 4.79 Å². The molecule has 1 unspecified atom stereocenters. The molecule has 2 heteroatoms. The summed E-state index contributed by atoms with van der Waals surface area (Å²) in [6, 6.07) is 0. The van der Waals surface area contributed by atoms with E-state index in [4.69, 9.17) is 4.74 Å². The smallest absolute Gasteiger partial charge is 0.313 e. The van der Waals surface area contributed by atoms with Gasteiger partial charge in [0.1, 0.15) is 0 Å². The number of rotatable bonds is 1. The summed E-state index contributed by atoms with van der Waals surface area (Å²) in [5, 5.41) is 0. The first kappa shape index (κ1) is 6.65. The molecular formula is C9H10O2. The second-order valence-corrected chi connectivity index (χ2v) is 2.88. The van der Waals surface area contributed by atoms with Crippen molar-refractivity contribution >= 4 is 5.97 Å². The van der Waals surface area contributed by atoms with Crippen molar-refractivity contribution in [3.63, 3.8) is 0 Å². The van der Waals surface area contributed by atoms with E-state index in [1.54, 1.807) is 0 Å². The summed E-state index contributed by atoms with van der Waals surface area (Å²) in [7, 11) is 0. The van der Waals surface area contributed by atoms with E-state index in [1.807, 2.05) is 12.2 Å². The Kier molecular flexibility index (Phi) is 1.53. The highest BCUT2D eigenvalue weighted by Gasteiger charge is 2.29. The number of cyclic esters (lactones) is 1. The Bertz CT molecular complexity index is 238. The van der Waals surface area contributed by atoms with Crippen LogP contribution in [0, 0.1) is 5.92 Å². The monoisotopic (exact) mass is 150 g/mol. The van der Waals surface area contributed by atoms with Crippen molar-refractivity contribution < 1.29 is 9.53 Å². The number of carbonyl (C=O) groups excluding carboxylic acids is 1. The van der Waals surface area contributed by atoms with Gasteiger partial charge in [-0.2, -0.15) is 0 Å². The molecule has 0 aromatic rings. The maximum Gasteiger partial charge on any atom is 0.313 e. The van der Waals surface area contributed by atoms with Gasteiger partial charge in [0.05, 0.1) is 12.5 Å². The van der Waals surface area contributed by atoms with Gasteiger partial charge in [-0.15, -0.1) is 0 Å². The zero-order chi connectivity index (χ0) is 7.68. The van der Waals surface area contributed by atoms with Crippen LogP contribution in [-0.2, 0) is 9.53 Å². The van der Waals surface area contributed by atoms with Crippen LogP contribution in [0.5, 0.6) is 0 Å². The number of hydrogen-bond donors (Lipinski definition) is 0. The highest BCUT2D eigenvalue weighted by molar-refractivity contribution is 5.77. The fourth-order valence-corrected chi connectivity index (χ4v) is 1.55. The molecule has 0 aromatic carbocycles. The fourth-order valence-electron chi connectivity index (χ4n) is 1.55. The minimum atomic E-state index is -0.0417. The molecule has 0 bridgehead atoms. The molecule has 0 saturated carbocycles. The Hall–Kier alpha value is -1.05. The first-order chi connectivity index (χ1) is 5.38. The summed E-state index contributed by atoms with van der Waals surface area (Å²) in [6.07, 6.45) is 7.89. The molecule has 1 heterocycles.